The van der Waals surface area contributed by atoms with Gasteiger partial charge >= 0.3 is 0 Å². The highest BCUT2D eigenvalue weighted by molar-refractivity contribution is 5.96. The fourth-order valence-electron chi connectivity index (χ4n) is 7.74. The van der Waals surface area contributed by atoms with Gasteiger partial charge in [0.25, 0.3) is 0 Å². The second-order valence-electron chi connectivity index (χ2n) is 10.1. The molecule has 0 bridgehead atoms. The molecule has 3 fully saturated rings. The fourth-order valence-corrected chi connectivity index (χ4v) is 7.74. The number of carbonyl (C=O) groups excluding carboxylic acids is 3. The minimum atomic E-state index is -1.65. The molecule has 0 spiro atoms. The fraction of sp³-hybridized carbons (Fsp3) is 0.773. The summed E-state index contributed by atoms with van der Waals surface area (Å²) in [7, 11) is 0. The minimum Gasteiger partial charge on any atom is -0.393 e. The lowest BCUT2D eigenvalue weighted by molar-refractivity contribution is -0.186. The zero-order chi connectivity index (χ0) is 21.4. The molecule has 4 rings (SSSR count). The summed E-state index contributed by atoms with van der Waals surface area (Å²) >= 11 is 0. The molecule has 0 aliphatic heterocycles. The number of allylic oxidation sites excluding steroid dienone is 1. The number of amides is 1. The predicted molar refractivity (Wildman–Crippen MR) is 103 cm³/mol. The topological polar surface area (TPSA) is 138 Å². The maximum absolute atomic E-state index is 12.4. The van der Waals surface area contributed by atoms with E-state index in [9.17, 15) is 29.7 Å². The molecule has 5 N–H and O–H groups in total. The second kappa shape index (κ2) is 6.46. The number of Topliss-reactive ketones (excluding diaryl/α,β-unsaturated/α-hetero) is 1. The van der Waals surface area contributed by atoms with Gasteiger partial charge in [-0.3, -0.25) is 14.4 Å². The van der Waals surface area contributed by atoms with Crippen LogP contribution in [-0.2, 0) is 14.4 Å². The highest BCUT2D eigenvalue weighted by Gasteiger charge is 2.69. The summed E-state index contributed by atoms with van der Waals surface area (Å²) in [5.41, 5.74) is 3.41. The summed E-state index contributed by atoms with van der Waals surface area (Å²) in [4.78, 5) is 37.0. The molecule has 0 heterocycles. The van der Waals surface area contributed by atoms with Gasteiger partial charge in [0.05, 0.1) is 12.0 Å². The number of hydrogen-bond acceptors (Lipinski definition) is 6. The van der Waals surface area contributed by atoms with Gasteiger partial charge < -0.3 is 21.1 Å². The molecule has 8 atom stereocenters. The minimum absolute atomic E-state index is 0.00136. The van der Waals surface area contributed by atoms with Crippen LogP contribution in [0.15, 0.2) is 11.6 Å². The van der Waals surface area contributed by atoms with Gasteiger partial charge in [0.1, 0.15) is 12.2 Å². The van der Waals surface area contributed by atoms with Crippen molar-refractivity contribution in [2.75, 3.05) is 6.61 Å². The van der Waals surface area contributed by atoms with E-state index in [0.717, 1.165) is 12.0 Å². The zero-order valence-corrected chi connectivity index (χ0v) is 17.1. The van der Waals surface area contributed by atoms with Crippen molar-refractivity contribution < 1.29 is 29.7 Å². The third-order valence-corrected chi connectivity index (χ3v) is 9.15. The van der Waals surface area contributed by atoms with Crippen LogP contribution in [0.5, 0.6) is 0 Å². The van der Waals surface area contributed by atoms with Crippen LogP contribution in [0.1, 0.15) is 52.4 Å². The Morgan fingerprint density at radius 2 is 1.97 bits per heavy atom. The Morgan fingerprint density at radius 1 is 1.28 bits per heavy atom. The van der Waals surface area contributed by atoms with Gasteiger partial charge in [-0.2, -0.15) is 0 Å². The SMILES string of the molecule is C[C@]12C[C@H](O)[C@H]3[C@@H](CCC4=CC(=O)CC(C(N)=O)[C@@]43C)[C@@H]1CC[C@]2(O)C(=O)CO. The van der Waals surface area contributed by atoms with Crippen LogP contribution < -0.4 is 5.73 Å². The van der Waals surface area contributed by atoms with Gasteiger partial charge in [-0.25, -0.2) is 0 Å². The lowest BCUT2D eigenvalue weighted by Crippen LogP contribution is -2.64. The first-order chi connectivity index (χ1) is 13.5. The molecular formula is C22H31NO6. The number of fused-ring (bicyclic) bond motifs is 5. The maximum atomic E-state index is 12.4. The Morgan fingerprint density at radius 3 is 2.59 bits per heavy atom. The monoisotopic (exact) mass is 405 g/mol. The molecule has 160 valence electrons. The van der Waals surface area contributed by atoms with Crippen molar-refractivity contribution in [1.82, 2.24) is 0 Å². The molecule has 0 saturated heterocycles. The number of hydrogen-bond donors (Lipinski definition) is 4. The van der Waals surface area contributed by atoms with Gasteiger partial charge in [0.15, 0.2) is 11.6 Å². The van der Waals surface area contributed by atoms with E-state index in [-0.39, 0.29) is 42.8 Å². The summed E-state index contributed by atoms with van der Waals surface area (Å²) in [5, 5.41) is 32.0. The molecule has 7 nitrogen and oxygen atoms in total. The summed E-state index contributed by atoms with van der Waals surface area (Å²) < 4.78 is 0. The molecule has 0 aromatic rings. The highest BCUT2D eigenvalue weighted by atomic mass is 16.3. The Kier molecular flexibility index (Phi) is 4.61. The van der Waals surface area contributed by atoms with Crippen molar-refractivity contribution in [3.8, 4) is 0 Å². The zero-order valence-electron chi connectivity index (χ0n) is 17.1. The average Bonchev–Trinajstić information content (AvgIpc) is 2.92. The maximum Gasteiger partial charge on any atom is 0.221 e. The summed E-state index contributed by atoms with van der Waals surface area (Å²) in [6, 6.07) is 0. The summed E-state index contributed by atoms with van der Waals surface area (Å²) in [5.74, 6) is -2.15. The molecule has 0 radical (unpaired) electrons. The summed E-state index contributed by atoms with van der Waals surface area (Å²) in [6.45, 7) is 3.07. The molecule has 29 heavy (non-hydrogen) atoms. The van der Waals surface area contributed by atoms with Gasteiger partial charge in [0.2, 0.25) is 5.91 Å². The molecule has 0 aromatic carbocycles. The quantitative estimate of drug-likeness (QED) is 0.539. The smallest absolute Gasteiger partial charge is 0.221 e. The van der Waals surface area contributed by atoms with Gasteiger partial charge in [-0.15, -0.1) is 0 Å². The number of carbonyl (C=O) groups is 3. The van der Waals surface area contributed by atoms with Crippen LogP contribution >= 0.6 is 0 Å². The number of rotatable bonds is 3. The third-order valence-electron chi connectivity index (χ3n) is 9.15. The second-order valence-corrected chi connectivity index (χ2v) is 10.1. The number of aliphatic hydroxyl groups excluding tert-OH is 2. The lowest BCUT2D eigenvalue weighted by atomic mass is 9.43. The highest BCUT2D eigenvalue weighted by Crippen LogP contribution is 2.68. The van der Waals surface area contributed by atoms with Crippen molar-refractivity contribution >= 4 is 17.5 Å². The van der Waals surface area contributed by atoms with Gasteiger partial charge in [-0.05, 0) is 55.9 Å². The Balaban J connectivity index is 1.79. The van der Waals surface area contributed by atoms with E-state index in [0.29, 0.717) is 12.8 Å². The van der Waals surface area contributed by atoms with E-state index < -0.39 is 46.8 Å². The molecule has 1 amide bonds. The van der Waals surface area contributed by atoms with E-state index in [4.69, 9.17) is 5.73 Å². The van der Waals surface area contributed by atoms with Crippen LogP contribution in [0.3, 0.4) is 0 Å². The van der Waals surface area contributed by atoms with Crippen molar-refractivity contribution in [2.45, 2.75) is 64.1 Å². The Hall–Kier alpha value is -1.57. The Bertz CT molecular complexity index is 807. The molecule has 3 saturated carbocycles. The molecule has 4 aliphatic carbocycles. The average molecular weight is 405 g/mol. The van der Waals surface area contributed by atoms with E-state index in [2.05, 4.69) is 0 Å². The first-order valence-electron chi connectivity index (χ1n) is 10.6. The van der Waals surface area contributed by atoms with E-state index in [1.807, 2.05) is 13.8 Å². The number of ketones is 2. The number of primary amides is 1. The van der Waals surface area contributed by atoms with Crippen molar-refractivity contribution in [2.24, 2.45) is 40.2 Å². The molecule has 7 heteroatoms. The van der Waals surface area contributed by atoms with Crippen molar-refractivity contribution in [3.05, 3.63) is 11.6 Å². The van der Waals surface area contributed by atoms with Crippen LogP contribution in [0.25, 0.3) is 0 Å². The van der Waals surface area contributed by atoms with Gasteiger partial charge in [0, 0.05) is 17.3 Å². The lowest BCUT2D eigenvalue weighted by Gasteiger charge is -2.61. The van der Waals surface area contributed by atoms with E-state index >= 15 is 0 Å². The van der Waals surface area contributed by atoms with Crippen molar-refractivity contribution in [1.29, 1.82) is 0 Å². The van der Waals surface area contributed by atoms with Crippen LogP contribution in [0, 0.1) is 34.5 Å². The van der Waals surface area contributed by atoms with E-state index in [1.165, 1.54) is 0 Å². The Labute approximate surface area is 170 Å². The molecule has 4 aliphatic rings. The third kappa shape index (κ3) is 2.50. The first-order valence-corrected chi connectivity index (χ1v) is 10.6. The van der Waals surface area contributed by atoms with Crippen LogP contribution in [0.4, 0.5) is 0 Å². The van der Waals surface area contributed by atoms with Gasteiger partial charge in [-0.1, -0.05) is 19.4 Å². The number of nitrogens with two attached hydrogens (primary N) is 1. The largest absolute Gasteiger partial charge is 0.393 e. The summed E-state index contributed by atoms with van der Waals surface area (Å²) in [6.07, 6.45) is 3.31. The molecule has 1 unspecified atom stereocenters. The predicted octanol–water partition coefficient (Wildman–Crippen LogP) is 0.493. The molecular weight excluding hydrogens is 374 g/mol. The normalized spacial score (nSPS) is 48.9. The molecule has 0 aromatic heterocycles. The standard InChI is InChI=1S/C22H31NO6/c1-20-9-16(26)18-13(14(20)5-6-22(20,29)17(27)10-24)4-3-11-7-12(25)8-15(19(23)28)21(11,18)2/h7,13-16,18,24,26,29H,3-6,8-10H2,1-2H3,(H2,23,28)/t13-,14-,15?,16-,18+,20-,21+,22-/m0/s1. The first kappa shape index (κ1) is 20.7. The van der Waals surface area contributed by atoms with E-state index in [1.54, 1.807) is 6.08 Å². The van der Waals surface area contributed by atoms with Crippen molar-refractivity contribution in [3.63, 3.8) is 0 Å². The number of aliphatic hydroxyl groups is 3. The van der Waals surface area contributed by atoms with Crippen LogP contribution in [-0.4, -0.2) is 51.1 Å². The van der Waals surface area contributed by atoms with Crippen LogP contribution in [0.2, 0.25) is 0 Å².